The fourth-order valence-corrected chi connectivity index (χ4v) is 2.02. The number of nitrogens with two attached hydrogens (primary N) is 1. The smallest absolute Gasteiger partial charge is 0.340 e. The Kier molecular flexibility index (Phi) is 6.87. The summed E-state index contributed by atoms with van der Waals surface area (Å²) >= 11 is 0. The molecule has 0 unspecified atom stereocenters. The third-order valence-corrected chi connectivity index (χ3v) is 3.01. The van der Waals surface area contributed by atoms with Gasteiger partial charge in [-0.25, -0.2) is 4.79 Å². The van der Waals surface area contributed by atoms with Gasteiger partial charge in [-0.15, -0.1) is 0 Å². The summed E-state index contributed by atoms with van der Waals surface area (Å²) in [5.41, 5.74) is 7.50. The van der Waals surface area contributed by atoms with Gasteiger partial charge in [0.15, 0.2) is 0 Å². The van der Waals surface area contributed by atoms with Crippen LogP contribution >= 0.6 is 0 Å². The maximum atomic E-state index is 12.0. The van der Waals surface area contributed by atoms with E-state index < -0.39 is 0 Å². The van der Waals surface area contributed by atoms with Gasteiger partial charge in [0, 0.05) is 18.8 Å². The highest BCUT2D eigenvalue weighted by Gasteiger charge is 2.17. The largest absolute Gasteiger partial charge is 0.462 e. The summed E-state index contributed by atoms with van der Waals surface area (Å²) in [7, 11) is 0. The van der Waals surface area contributed by atoms with Gasteiger partial charge >= 0.3 is 5.97 Å². The first-order valence-electron chi connectivity index (χ1n) is 7.06. The van der Waals surface area contributed by atoms with E-state index in [1.54, 1.807) is 19.1 Å². The Morgan fingerprint density at radius 1 is 1.35 bits per heavy atom. The number of hydrogen-bond donors (Lipinski definition) is 2. The number of aliphatic hydroxyl groups excluding tert-OH is 1. The third-order valence-electron chi connectivity index (χ3n) is 3.01. The Morgan fingerprint density at radius 2 is 2.10 bits per heavy atom. The number of esters is 1. The standard InChI is InChI=1S/C15H24N2O3/c1-3-5-8-17(9-10-18)14-7-6-12(16)11-13(14)15(19)20-4-2/h6-7,11,18H,3-5,8-10,16H2,1-2H3. The van der Waals surface area contributed by atoms with E-state index in [-0.39, 0.29) is 12.6 Å². The molecular weight excluding hydrogens is 256 g/mol. The van der Waals surface area contributed by atoms with Gasteiger partial charge < -0.3 is 20.5 Å². The number of ether oxygens (including phenoxy) is 1. The Morgan fingerprint density at radius 3 is 2.70 bits per heavy atom. The number of hydrogen-bond acceptors (Lipinski definition) is 5. The molecule has 1 rings (SSSR count). The quantitative estimate of drug-likeness (QED) is 0.563. The lowest BCUT2D eigenvalue weighted by atomic mass is 10.1. The lowest BCUT2D eigenvalue weighted by Crippen LogP contribution is -2.29. The van der Waals surface area contributed by atoms with Crippen molar-refractivity contribution in [1.82, 2.24) is 0 Å². The number of unbranched alkanes of at least 4 members (excludes halogenated alkanes) is 1. The van der Waals surface area contributed by atoms with Gasteiger partial charge in [0.05, 0.1) is 24.5 Å². The molecule has 0 atom stereocenters. The monoisotopic (exact) mass is 280 g/mol. The topological polar surface area (TPSA) is 75.8 Å². The van der Waals surface area contributed by atoms with E-state index in [2.05, 4.69) is 6.92 Å². The van der Waals surface area contributed by atoms with Crippen molar-refractivity contribution in [3.8, 4) is 0 Å². The Balaban J connectivity index is 3.08. The molecule has 0 heterocycles. The molecule has 0 radical (unpaired) electrons. The average molecular weight is 280 g/mol. The van der Waals surface area contributed by atoms with Crippen molar-refractivity contribution in [2.24, 2.45) is 0 Å². The normalized spacial score (nSPS) is 10.3. The summed E-state index contributed by atoms with van der Waals surface area (Å²) in [5, 5.41) is 9.20. The highest BCUT2D eigenvalue weighted by atomic mass is 16.5. The van der Waals surface area contributed by atoms with Gasteiger partial charge in [-0.1, -0.05) is 13.3 Å². The number of rotatable bonds is 8. The Hall–Kier alpha value is -1.75. The molecule has 0 aliphatic heterocycles. The highest BCUT2D eigenvalue weighted by Crippen LogP contribution is 2.24. The Bertz CT molecular complexity index is 435. The van der Waals surface area contributed by atoms with Gasteiger partial charge in [0.25, 0.3) is 0 Å². The fourth-order valence-electron chi connectivity index (χ4n) is 2.02. The molecule has 0 aromatic heterocycles. The molecule has 1 aromatic rings. The summed E-state index contributed by atoms with van der Waals surface area (Å²) in [5.74, 6) is -0.380. The average Bonchev–Trinajstić information content (AvgIpc) is 2.44. The van der Waals surface area contributed by atoms with Crippen molar-refractivity contribution in [3.05, 3.63) is 23.8 Å². The summed E-state index contributed by atoms with van der Waals surface area (Å²) in [4.78, 5) is 14.0. The van der Waals surface area contributed by atoms with Crippen LogP contribution in [0.25, 0.3) is 0 Å². The SMILES string of the molecule is CCCCN(CCO)c1ccc(N)cc1C(=O)OCC. The Labute approximate surface area is 120 Å². The molecule has 1 aromatic carbocycles. The van der Waals surface area contributed by atoms with E-state index in [1.807, 2.05) is 11.0 Å². The van der Waals surface area contributed by atoms with E-state index >= 15 is 0 Å². The first kappa shape index (κ1) is 16.3. The van der Waals surface area contributed by atoms with Crippen molar-refractivity contribution in [1.29, 1.82) is 0 Å². The second-order valence-corrected chi connectivity index (χ2v) is 4.56. The van der Waals surface area contributed by atoms with Crippen molar-refractivity contribution in [2.45, 2.75) is 26.7 Å². The van der Waals surface area contributed by atoms with E-state index in [9.17, 15) is 9.90 Å². The van der Waals surface area contributed by atoms with Crippen LogP contribution < -0.4 is 10.6 Å². The second-order valence-electron chi connectivity index (χ2n) is 4.56. The molecule has 5 nitrogen and oxygen atoms in total. The maximum absolute atomic E-state index is 12.0. The van der Waals surface area contributed by atoms with E-state index in [0.29, 0.717) is 24.4 Å². The zero-order valence-electron chi connectivity index (χ0n) is 12.3. The van der Waals surface area contributed by atoms with Crippen molar-refractivity contribution >= 4 is 17.3 Å². The molecule has 0 aliphatic carbocycles. The van der Waals surface area contributed by atoms with Gasteiger partial charge in [-0.05, 0) is 31.5 Å². The molecule has 0 amide bonds. The number of carbonyl (C=O) groups is 1. The van der Waals surface area contributed by atoms with Gasteiger partial charge in [-0.3, -0.25) is 0 Å². The van der Waals surface area contributed by atoms with Crippen LogP contribution in [0.15, 0.2) is 18.2 Å². The molecule has 0 spiro atoms. The van der Waals surface area contributed by atoms with Crippen LogP contribution in [-0.4, -0.2) is 37.4 Å². The summed E-state index contributed by atoms with van der Waals surface area (Å²) < 4.78 is 5.07. The van der Waals surface area contributed by atoms with Gasteiger partial charge in [0.1, 0.15) is 0 Å². The number of aliphatic hydroxyl groups is 1. The molecule has 112 valence electrons. The molecule has 0 saturated carbocycles. The zero-order chi connectivity index (χ0) is 15.0. The first-order valence-corrected chi connectivity index (χ1v) is 7.06. The molecule has 0 bridgehead atoms. The predicted molar refractivity (Wildman–Crippen MR) is 81.0 cm³/mol. The van der Waals surface area contributed by atoms with Crippen LogP contribution in [0.4, 0.5) is 11.4 Å². The van der Waals surface area contributed by atoms with Crippen molar-refractivity contribution < 1.29 is 14.6 Å². The van der Waals surface area contributed by atoms with Crippen LogP contribution in [0.2, 0.25) is 0 Å². The summed E-state index contributed by atoms with van der Waals surface area (Å²) in [6.45, 7) is 5.50. The maximum Gasteiger partial charge on any atom is 0.340 e. The molecule has 0 aliphatic rings. The van der Waals surface area contributed by atoms with Crippen LogP contribution in [0, 0.1) is 0 Å². The summed E-state index contributed by atoms with van der Waals surface area (Å²) in [6, 6.07) is 5.20. The van der Waals surface area contributed by atoms with Gasteiger partial charge in [-0.2, -0.15) is 0 Å². The van der Waals surface area contributed by atoms with E-state index in [1.165, 1.54) is 0 Å². The van der Waals surface area contributed by atoms with Crippen LogP contribution in [0.1, 0.15) is 37.0 Å². The van der Waals surface area contributed by atoms with Crippen molar-refractivity contribution in [3.63, 3.8) is 0 Å². The molecule has 0 saturated heterocycles. The van der Waals surface area contributed by atoms with Crippen LogP contribution in [0.3, 0.4) is 0 Å². The minimum Gasteiger partial charge on any atom is -0.462 e. The number of benzene rings is 1. The van der Waals surface area contributed by atoms with E-state index in [4.69, 9.17) is 10.5 Å². The minimum atomic E-state index is -0.380. The minimum absolute atomic E-state index is 0.0381. The molecule has 20 heavy (non-hydrogen) atoms. The first-order chi connectivity index (χ1) is 9.63. The second kappa shape index (κ2) is 8.43. The number of nitrogens with zero attached hydrogens (tertiary/aromatic N) is 1. The number of anilines is 2. The molecule has 0 fully saturated rings. The molecular formula is C15H24N2O3. The fraction of sp³-hybridized carbons (Fsp3) is 0.533. The molecule has 3 N–H and O–H groups in total. The van der Waals surface area contributed by atoms with Gasteiger partial charge in [0.2, 0.25) is 0 Å². The van der Waals surface area contributed by atoms with E-state index in [0.717, 1.165) is 25.1 Å². The number of nitrogen functional groups attached to an aromatic ring is 1. The molecule has 5 heteroatoms. The van der Waals surface area contributed by atoms with Crippen LogP contribution in [-0.2, 0) is 4.74 Å². The third kappa shape index (κ3) is 4.42. The predicted octanol–water partition coefficient (Wildman–Crippen LogP) is 2.04. The zero-order valence-corrected chi connectivity index (χ0v) is 12.3. The van der Waals surface area contributed by atoms with Crippen LogP contribution in [0.5, 0.6) is 0 Å². The highest BCUT2D eigenvalue weighted by molar-refractivity contribution is 5.97. The number of carbonyl (C=O) groups excluding carboxylic acids is 1. The van der Waals surface area contributed by atoms with Crippen molar-refractivity contribution in [2.75, 3.05) is 36.9 Å². The lowest BCUT2D eigenvalue weighted by Gasteiger charge is -2.26. The lowest BCUT2D eigenvalue weighted by molar-refractivity contribution is 0.0527. The summed E-state index contributed by atoms with van der Waals surface area (Å²) in [6.07, 6.45) is 2.04.